The SMILES string of the molecule is Cc1nc(C2CC2)sc1C(=O)NCCc1cccs1. The number of nitrogens with zero attached hydrogens (tertiary/aromatic N) is 1. The zero-order chi connectivity index (χ0) is 13.2. The van der Waals surface area contributed by atoms with Gasteiger partial charge in [-0.2, -0.15) is 0 Å². The van der Waals surface area contributed by atoms with Crippen molar-refractivity contribution in [3.63, 3.8) is 0 Å². The monoisotopic (exact) mass is 292 g/mol. The molecule has 1 aliphatic carbocycles. The Morgan fingerprint density at radius 3 is 3.05 bits per heavy atom. The molecule has 0 radical (unpaired) electrons. The summed E-state index contributed by atoms with van der Waals surface area (Å²) in [7, 11) is 0. The van der Waals surface area contributed by atoms with Crippen molar-refractivity contribution in [2.45, 2.75) is 32.1 Å². The van der Waals surface area contributed by atoms with E-state index in [1.165, 1.54) is 17.7 Å². The Morgan fingerprint density at radius 2 is 2.37 bits per heavy atom. The van der Waals surface area contributed by atoms with Crippen LogP contribution in [0.2, 0.25) is 0 Å². The molecule has 1 amide bonds. The van der Waals surface area contributed by atoms with Gasteiger partial charge in [0.1, 0.15) is 4.88 Å². The Kier molecular flexibility index (Phi) is 3.66. The van der Waals surface area contributed by atoms with Gasteiger partial charge in [-0.3, -0.25) is 4.79 Å². The molecule has 0 atom stereocenters. The first-order chi connectivity index (χ1) is 9.24. The second kappa shape index (κ2) is 5.43. The lowest BCUT2D eigenvalue weighted by atomic mass is 10.3. The molecule has 5 heteroatoms. The van der Waals surface area contributed by atoms with Gasteiger partial charge in [0.15, 0.2) is 0 Å². The number of carbonyl (C=O) groups is 1. The highest BCUT2D eigenvalue weighted by Crippen LogP contribution is 2.42. The quantitative estimate of drug-likeness (QED) is 0.918. The van der Waals surface area contributed by atoms with Gasteiger partial charge >= 0.3 is 0 Å². The fourth-order valence-corrected chi connectivity index (χ4v) is 3.83. The Labute approximate surface area is 120 Å². The topological polar surface area (TPSA) is 42.0 Å². The first-order valence-corrected chi connectivity index (χ1v) is 8.21. The molecule has 3 rings (SSSR count). The molecule has 1 saturated carbocycles. The maximum absolute atomic E-state index is 12.1. The third-order valence-electron chi connectivity index (χ3n) is 3.18. The molecule has 100 valence electrons. The zero-order valence-electron chi connectivity index (χ0n) is 10.8. The predicted octanol–water partition coefficient (Wildman–Crippen LogP) is 3.36. The molecule has 2 aromatic heterocycles. The molecule has 0 saturated heterocycles. The van der Waals surface area contributed by atoms with E-state index < -0.39 is 0 Å². The van der Waals surface area contributed by atoms with Gasteiger partial charge < -0.3 is 5.32 Å². The van der Waals surface area contributed by atoms with Crippen LogP contribution in [0.3, 0.4) is 0 Å². The lowest BCUT2D eigenvalue weighted by Gasteiger charge is -2.02. The fourth-order valence-electron chi connectivity index (χ4n) is 1.97. The minimum absolute atomic E-state index is 0.0263. The number of aryl methyl sites for hydroxylation is 1. The first kappa shape index (κ1) is 12.8. The highest BCUT2D eigenvalue weighted by Gasteiger charge is 2.28. The van der Waals surface area contributed by atoms with Crippen molar-refractivity contribution in [1.29, 1.82) is 0 Å². The minimum atomic E-state index is 0.0263. The van der Waals surface area contributed by atoms with Crippen molar-refractivity contribution in [3.05, 3.63) is 38.0 Å². The van der Waals surface area contributed by atoms with Crippen LogP contribution in [0.25, 0.3) is 0 Å². The second-order valence-corrected chi connectivity index (χ2v) is 6.89. The van der Waals surface area contributed by atoms with Crippen LogP contribution in [-0.4, -0.2) is 17.4 Å². The molecule has 2 aromatic rings. The number of hydrogen-bond acceptors (Lipinski definition) is 4. The molecule has 2 heterocycles. The molecule has 0 aromatic carbocycles. The summed E-state index contributed by atoms with van der Waals surface area (Å²) >= 11 is 3.29. The van der Waals surface area contributed by atoms with Crippen molar-refractivity contribution >= 4 is 28.6 Å². The molecule has 0 spiro atoms. The number of thiophene rings is 1. The highest BCUT2D eigenvalue weighted by atomic mass is 32.1. The van der Waals surface area contributed by atoms with Crippen molar-refractivity contribution in [1.82, 2.24) is 10.3 Å². The zero-order valence-corrected chi connectivity index (χ0v) is 12.4. The molecule has 0 bridgehead atoms. The van der Waals surface area contributed by atoms with Crippen LogP contribution in [0, 0.1) is 6.92 Å². The number of nitrogens with one attached hydrogen (secondary N) is 1. The third-order valence-corrected chi connectivity index (χ3v) is 5.44. The maximum Gasteiger partial charge on any atom is 0.263 e. The molecular formula is C14H16N2OS2. The third kappa shape index (κ3) is 3.04. The fraction of sp³-hybridized carbons (Fsp3) is 0.429. The average molecular weight is 292 g/mol. The number of aromatic nitrogens is 1. The molecule has 19 heavy (non-hydrogen) atoms. The predicted molar refractivity (Wildman–Crippen MR) is 79.2 cm³/mol. The van der Waals surface area contributed by atoms with Gasteiger partial charge in [0.2, 0.25) is 0 Å². The molecular weight excluding hydrogens is 276 g/mol. The van der Waals surface area contributed by atoms with Gasteiger partial charge in [0, 0.05) is 17.3 Å². The molecule has 1 N–H and O–H groups in total. The number of hydrogen-bond donors (Lipinski definition) is 1. The summed E-state index contributed by atoms with van der Waals surface area (Å²) in [4.78, 5) is 18.7. The van der Waals surface area contributed by atoms with Crippen LogP contribution in [0.4, 0.5) is 0 Å². The number of carbonyl (C=O) groups excluding carboxylic acids is 1. The Bertz CT molecular complexity index is 570. The molecule has 1 aliphatic rings. The summed E-state index contributed by atoms with van der Waals surface area (Å²) in [5.74, 6) is 0.648. The van der Waals surface area contributed by atoms with E-state index in [9.17, 15) is 4.79 Å². The smallest absolute Gasteiger partial charge is 0.263 e. The standard InChI is InChI=1S/C14H16N2OS2/c1-9-12(19-14(16-9)10-4-5-10)13(17)15-7-6-11-3-2-8-18-11/h2-3,8,10H,4-7H2,1H3,(H,15,17). The Morgan fingerprint density at radius 1 is 1.53 bits per heavy atom. The summed E-state index contributed by atoms with van der Waals surface area (Å²) in [6.45, 7) is 2.62. The van der Waals surface area contributed by atoms with E-state index in [-0.39, 0.29) is 5.91 Å². The van der Waals surface area contributed by atoms with Gasteiger partial charge in [-0.1, -0.05) is 6.07 Å². The minimum Gasteiger partial charge on any atom is -0.351 e. The first-order valence-electron chi connectivity index (χ1n) is 6.52. The Balaban J connectivity index is 1.57. The van der Waals surface area contributed by atoms with Crippen molar-refractivity contribution in [3.8, 4) is 0 Å². The van der Waals surface area contributed by atoms with E-state index in [1.807, 2.05) is 13.0 Å². The van der Waals surface area contributed by atoms with Crippen molar-refractivity contribution in [2.24, 2.45) is 0 Å². The van der Waals surface area contributed by atoms with Gasteiger partial charge in [-0.15, -0.1) is 22.7 Å². The van der Waals surface area contributed by atoms with E-state index in [0.717, 1.165) is 22.0 Å². The number of amides is 1. The van der Waals surface area contributed by atoms with Crippen LogP contribution in [-0.2, 0) is 6.42 Å². The molecule has 0 aliphatic heterocycles. The molecule has 1 fully saturated rings. The van der Waals surface area contributed by atoms with E-state index in [4.69, 9.17) is 0 Å². The maximum atomic E-state index is 12.1. The van der Waals surface area contributed by atoms with Gasteiger partial charge in [-0.25, -0.2) is 4.98 Å². The number of rotatable bonds is 5. The summed E-state index contributed by atoms with van der Waals surface area (Å²) < 4.78 is 0. The second-order valence-electron chi connectivity index (χ2n) is 4.83. The summed E-state index contributed by atoms with van der Waals surface area (Å²) in [5.41, 5.74) is 0.875. The van der Waals surface area contributed by atoms with E-state index >= 15 is 0 Å². The van der Waals surface area contributed by atoms with Crippen LogP contribution >= 0.6 is 22.7 Å². The van der Waals surface area contributed by atoms with Crippen molar-refractivity contribution in [2.75, 3.05) is 6.54 Å². The number of thiazole rings is 1. The van der Waals surface area contributed by atoms with Crippen molar-refractivity contribution < 1.29 is 4.79 Å². The summed E-state index contributed by atoms with van der Waals surface area (Å²) in [6.07, 6.45) is 3.36. The highest BCUT2D eigenvalue weighted by molar-refractivity contribution is 7.14. The average Bonchev–Trinajstić information content (AvgIpc) is 2.97. The van der Waals surface area contributed by atoms with Crippen LogP contribution in [0.5, 0.6) is 0 Å². The van der Waals surface area contributed by atoms with Gasteiger partial charge in [0.25, 0.3) is 5.91 Å². The van der Waals surface area contributed by atoms with E-state index in [2.05, 4.69) is 21.7 Å². The van der Waals surface area contributed by atoms with E-state index in [1.54, 1.807) is 22.7 Å². The largest absolute Gasteiger partial charge is 0.351 e. The Hall–Kier alpha value is -1.20. The lowest BCUT2D eigenvalue weighted by Crippen LogP contribution is -2.25. The van der Waals surface area contributed by atoms with Gasteiger partial charge in [0.05, 0.1) is 10.7 Å². The van der Waals surface area contributed by atoms with Crippen LogP contribution < -0.4 is 5.32 Å². The summed E-state index contributed by atoms with van der Waals surface area (Å²) in [5, 5.41) is 6.19. The van der Waals surface area contributed by atoms with Crippen LogP contribution in [0.1, 0.15) is 44.0 Å². The summed E-state index contributed by atoms with van der Waals surface area (Å²) in [6, 6.07) is 4.14. The van der Waals surface area contributed by atoms with E-state index in [0.29, 0.717) is 12.5 Å². The molecule has 3 nitrogen and oxygen atoms in total. The lowest BCUT2D eigenvalue weighted by molar-refractivity contribution is 0.0957. The normalized spacial score (nSPS) is 14.6. The van der Waals surface area contributed by atoms with Crippen LogP contribution in [0.15, 0.2) is 17.5 Å². The van der Waals surface area contributed by atoms with Gasteiger partial charge in [-0.05, 0) is 37.6 Å². The molecule has 0 unspecified atom stereocenters.